The number of nitrogens with zero attached hydrogens (tertiary/aromatic N) is 2. The number of allylic oxidation sites excluding steroid dienone is 2. The predicted octanol–water partition coefficient (Wildman–Crippen LogP) is 6.04. The summed E-state index contributed by atoms with van der Waals surface area (Å²) in [6, 6.07) is 6.53. The molecule has 0 spiro atoms. The number of Topliss-reactive ketones (excluding diaryl/α,β-unsaturated/α-hetero) is 1. The number of aryl methyl sites for hydroxylation is 2. The number of amides is 3. The van der Waals surface area contributed by atoms with Gasteiger partial charge < -0.3 is 24.8 Å². The fraction of sp³-hybridized carbons (Fsp3) is 0.548. The van der Waals surface area contributed by atoms with Gasteiger partial charge in [-0.25, -0.2) is 13.4 Å². The fourth-order valence-corrected chi connectivity index (χ4v) is 10.1. The van der Waals surface area contributed by atoms with Crippen molar-refractivity contribution in [3.05, 3.63) is 57.8 Å². The molecule has 3 N–H and O–H groups in total. The molecule has 15 heteroatoms. The van der Waals surface area contributed by atoms with Gasteiger partial charge in [0.25, 0.3) is 5.91 Å². The Hall–Kier alpha value is -4.50. The van der Waals surface area contributed by atoms with Crippen LogP contribution < -0.4 is 19.5 Å². The normalized spacial score (nSPS) is 26.8. The quantitative estimate of drug-likeness (QED) is 0.216. The first-order valence-electron chi connectivity index (χ1n) is 19.9. The summed E-state index contributed by atoms with van der Waals surface area (Å²) in [5, 5.41) is 14.1. The molecule has 13 nitrogen and oxygen atoms in total. The summed E-state index contributed by atoms with van der Waals surface area (Å²) in [5.41, 5.74) is -0.274. The molecular weight excluding hydrogens is 769 g/mol. The van der Waals surface area contributed by atoms with E-state index >= 15 is 0 Å². The number of carbonyl (C=O) groups excluding carboxylic acids is 4. The number of aromatic nitrogens is 1. The molecule has 2 aliphatic heterocycles. The first-order chi connectivity index (χ1) is 27.0. The molecule has 2 saturated carbocycles. The highest BCUT2D eigenvalue weighted by Crippen LogP contribution is 2.57. The minimum Gasteiger partial charge on any atom is -0.508 e. The molecule has 0 unspecified atom stereocenters. The van der Waals surface area contributed by atoms with E-state index in [1.54, 1.807) is 38.1 Å². The molecule has 0 bridgehead atoms. The second-order valence-electron chi connectivity index (χ2n) is 16.7. The molecule has 3 aromatic rings. The number of sulfonamides is 1. The Balaban J connectivity index is 1.23. The smallest absolute Gasteiger partial charge is 0.262 e. The summed E-state index contributed by atoms with van der Waals surface area (Å²) < 4.78 is 40.4. The van der Waals surface area contributed by atoms with Crippen LogP contribution >= 0.6 is 11.3 Å². The lowest BCUT2D eigenvalue weighted by atomic mass is 9.91. The monoisotopic (exact) mass is 820 g/mol. The number of benzene rings is 1. The van der Waals surface area contributed by atoms with E-state index < -0.39 is 50.2 Å². The number of phenols is 1. The lowest BCUT2D eigenvalue weighted by Crippen LogP contribution is -2.52. The maximum Gasteiger partial charge on any atom is 0.262 e. The Morgan fingerprint density at radius 1 is 1.09 bits per heavy atom. The zero-order valence-electron chi connectivity index (χ0n) is 33.1. The predicted molar refractivity (Wildman–Crippen MR) is 216 cm³/mol. The Bertz CT molecular complexity index is 2230. The van der Waals surface area contributed by atoms with Crippen LogP contribution in [0, 0.1) is 25.2 Å². The number of carbonyl (C=O) groups is 4. The third kappa shape index (κ3) is 8.41. The van der Waals surface area contributed by atoms with Gasteiger partial charge in [0, 0.05) is 34.7 Å². The van der Waals surface area contributed by atoms with Gasteiger partial charge in [-0.05, 0) is 103 Å². The topological polar surface area (TPSA) is 181 Å². The number of rotatable bonds is 9. The molecule has 1 saturated heterocycles. The van der Waals surface area contributed by atoms with Crippen LogP contribution in [0.1, 0.15) is 105 Å². The van der Waals surface area contributed by atoms with Gasteiger partial charge in [0.1, 0.15) is 23.6 Å². The maximum atomic E-state index is 14.7. The van der Waals surface area contributed by atoms with E-state index in [-0.39, 0.29) is 54.7 Å². The Kier molecular flexibility index (Phi) is 11.2. The number of nitrogens with one attached hydrogen (secondary N) is 2. The van der Waals surface area contributed by atoms with E-state index in [1.807, 2.05) is 39.0 Å². The van der Waals surface area contributed by atoms with E-state index in [9.17, 15) is 32.7 Å². The zero-order chi connectivity index (χ0) is 40.9. The number of thiophene rings is 1. The number of ether oxygens (including phenoxy) is 2. The van der Waals surface area contributed by atoms with Crippen LogP contribution in [-0.4, -0.2) is 82.5 Å². The fourth-order valence-electron chi connectivity index (χ4n) is 8.02. The van der Waals surface area contributed by atoms with Crippen LogP contribution in [0.4, 0.5) is 0 Å². The molecule has 4 aliphatic rings. The van der Waals surface area contributed by atoms with Gasteiger partial charge in [-0.15, -0.1) is 11.3 Å². The van der Waals surface area contributed by atoms with Crippen LogP contribution in [0.15, 0.2) is 42.5 Å². The molecule has 1 aromatic carbocycles. The third-order valence-corrected chi connectivity index (χ3v) is 15.1. The van der Waals surface area contributed by atoms with Crippen molar-refractivity contribution in [3.63, 3.8) is 0 Å². The number of ketones is 1. The molecule has 306 valence electrons. The summed E-state index contributed by atoms with van der Waals surface area (Å²) in [5.74, 6) is -1.47. The zero-order valence-corrected chi connectivity index (χ0v) is 34.8. The molecule has 3 fully saturated rings. The number of hydrogen-bond donors (Lipinski definition) is 3. The van der Waals surface area contributed by atoms with Crippen molar-refractivity contribution in [2.24, 2.45) is 11.3 Å². The molecule has 2 aromatic heterocycles. The lowest BCUT2D eigenvalue weighted by molar-refractivity contribution is -0.140. The number of fused-ring (bicyclic) bond motifs is 3. The van der Waals surface area contributed by atoms with Gasteiger partial charge in [-0.1, -0.05) is 25.0 Å². The first kappa shape index (κ1) is 40.7. The SMILES string of the molecule is Cc1ccc(C(=O)N[C@H]2CCCCC/C=C\[C@@H]3C[C@@]3(C(=O)NS(=O)(=O)C3(C)CC3)CC(=O)[C@@H]3C[C@@H](Oc4cc(OC(C)C)nc5c(C)c(O)ccc45)CN3C2=O)s1. The molecule has 5 atom stereocenters. The van der Waals surface area contributed by atoms with Crippen LogP contribution in [0.25, 0.3) is 10.9 Å². The minimum absolute atomic E-state index is 0.0102. The van der Waals surface area contributed by atoms with Gasteiger partial charge in [0.2, 0.25) is 27.7 Å². The molecule has 2 aliphatic carbocycles. The van der Waals surface area contributed by atoms with Gasteiger partial charge in [-0.2, -0.15) is 0 Å². The second-order valence-corrected chi connectivity index (χ2v) is 20.2. The summed E-state index contributed by atoms with van der Waals surface area (Å²) in [6.45, 7) is 8.99. The van der Waals surface area contributed by atoms with Crippen molar-refractivity contribution in [3.8, 4) is 17.4 Å². The second kappa shape index (κ2) is 15.7. The number of phenolic OH excluding ortho intramolecular Hbond substituents is 1. The van der Waals surface area contributed by atoms with E-state index in [1.165, 1.54) is 16.2 Å². The summed E-state index contributed by atoms with van der Waals surface area (Å²) in [7, 11) is -3.96. The molecule has 0 radical (unpaired) electrons. The minimum atomic E-state index is -3.96. The standard InChI is InChI=1S/C42H52N4O9S2/c1-24(2)54-36-20-34(29-14-15-32(47)26(4)37(29)44-36)55-28-19-31-33(48)22-42(40(51)45-57(52,53)41(5)17-18-41)21-27(42)11-9-7-6-8-10-12-30(39(50)46(31)23-28)43-38(49)35-16-13-25(3)56-35/h9,11,13-16,20,24,27-28,30-31,47H,6-8,10,12,17-19,21-23H2,1-5H3,(H,43,49)(H,45,51)/b11-9-/t27-,28-,30+,31+,42-/m1/s1. The van der Waals surface area contributed by atoms with Crippen molar-refractivity contribution < 1.29 is 42.2 Å². The molecule has 4 heterocycles. The highest BCUT2D eigenvalue weighted by molar-refractivity contribution is 7.91. The Morgan fingerprint density at radius 2 is 1.86 bits per heavy atom. The van der Waals surface area contributed by atoms with Crippen molar-refractivity contribution in [2.45, 2.75) is 128 Å². The molecular formula is C42H52N4O9S2. The van der Waals surface area contributed by atoms with Gasteiger partial charge in [-0.3, -0.25) is 23.9 Å². The summed E-state index contributed by atoms with van der Waals surface area (Å²) in [6.07, 6.45) is 7.39. The number of hydrogen-bond acceptors (Lipinski definition) is 11. The average molecular weight is 821 g/mol. The lowest BCUT2D eigenvalue weighted by Gasteiger charge is -2.29. The number of pyridine rings is 1. The average Bonchev–Trinajstić information content (AvgIpc) is 3.95. The summed E-state index contributed by atoms with van der Waals surface area (Å²) >= 11 is 1.33. The van der Waals surface area contributed by atoms with Gasteiger partial charge in [0.05, 0.1) is 39.2 Å². The highest BCUT2D eigenvalue weighted by atomic mass is 32.2. The van der Waals surface area contributed by atoms with Gasteiger partial charge >= 0.3 is 0 Å². The highest BCUT2D eigenvalue weighted by Gasteiger charge is 2.62. The molecule has 7 rings (SSSR count). The van der Waals surface area contributed by atoms with Crippen LogP contribution in [0.3, 0.4) is 0 Å². The maximum absolute atomic E-state index is 14.7. The van der Waals surface area contributed by atoms with Crippen LogP contribution in [-0.2, 0) is 24.4 Å². The van der Waals surface area contributed by atoms with E-state index in [4.69, 9.17) is 9.47 Å². The van der Waals surface area contributed by atoms with Gasteiger partial charge in [0.15, 0.2) is 5.78 Å². The van der Waals surface area contributed by atoms with Crippen molar-refractivity contribution in [1.29, 1.82) is 0 Å². The third-order valence-electron chi connectivity index (χ3n) is 11.9. The van der Waals surface area contributed by atoms with Crippen LogP contribution in [0.2, 0.25) is 0 Å². The van der Waals surface area contributed by atoms with E-state index in [0.717, 1.165) is 24.1 Å². The number of aromatic hydroxyl groups is 1. The Morgan fingerprint density at radius 3 is 2.56 bits per heavy atom. The molecule has 57 heavy (non-hydrogen) atoms. The first-order valence-corrected chi connectivity index (χ1v) is 22.2. The van der Waals surface area contributed by atoms with Crippen molar-refractivity contribution in [2.75, 3.05) is 6.54 Å². The van der Waals surface area contributed by atoms with Crippen LogP contribution in [0.5, 0.6) is 17.4 Å². The largest absolute Gasteiger partial charge is 0.508 e. The molecule has 3 amide bonds. The van der Waals surface area contributed by atoms with Crippen molar-refractivity contribution in [1.82, 2.24) is 19.9 Å². The van der Waals surface area contributed by atoms with Crippen molar-refractivity contribution >= 4 is 55.8 Å². The summed E-state index contributed by atoms with van der Waals surface area (Å²) in [4.78, 5) is 64.4. The van der Waals surface area contributed by atoms with E-state index in [2.05, 4.69) is 15.0 Å². The van der Waals surface area contributed by atoms with E-state index in [0.29, 0.717) is 59.2 Å². The Labute approximate surface area is 337 Å².